The first-order chi connectivity index (χ1) is 8.19. The summed E-state index contributed by atoms with van der Waals surface area (Å²) in [6.45, 7) is 5.49. The van der Waals surface area contributed by atoms with Crippen molar-refractivity contribution in [2.24, 2.45) is 0 Å². The second-order valence-corrected chi connectivity index (χ2v) is 4.17. The molecule has 1 aromatic heterocycles. The lowest BCUT2D eigenvalue weighted by molar-refractivity contribution is 0.0954. The molecule has 0 unspecified atom stereocenters. The molecule has 1 amide bonds. The number of rotatable bonds is 6. The number of hydrogen-bond donors (Lipinski definition) is 2. The highest BCUT2D eigenvalue weighted by molar-refractivity contribution is 6.31. The predicted octanol–water partition coefficient (Wildman–Crippen LogP) is 2.70. The zero-order chi connectivity index (χ0) is 12.7. The molecule has 0 saturated heterocycles. The minimum absolute atomic E-state index is 0.138. The summed E-state index contributed by atoms with van der Waals surface area (Å²) in [5.41, 5.74) is 0.499. The third kappa shape index (κ3) is 4.23. The molecule has 1 aromatic rings. The minimum atomic E-state index is -0.138. The van der Waals surface area contributed by atoms with Crippen LogP contribution in [0, 0.1) is 0 Å². The lowest BCUT2D eigenvalue weighted by Crippen LogP contribution is -2.25. The van der Waals surface area contributed by atoms with Gasteiger partial charge in [0, 0.05) is 19.3 Å². The highest BCUT2D eigenvalue weighted by Gasteiger charge is 2.12. The van der Waals surface area contributed by atoms with Crippen LogP contribution in [-0.4, -0.2) is 24.0 Å². The summed E-state index contributed by atoms with van der Waals surface area (Å²) in [4.78, 5) is 16.0. The maximum atomic E-state index is 11.9. The number of nitrogens with one attached hydrogen (secondary N) is 2. The zero-order valence-corrected chi connectivity index (χ0v) is 11.0. The lowest BCUT2D eigenvalue weighted by Gasteiger charge is -2.10. The molecule has 1 heterocycles. The van der Waals surface area contributed by atoms with Gasteiger partial charge in [0.2, 0.25) is 0 Å². The Balaban J connectivity index is 2.85. The molecule has 5 heteroatoms. The summed E-state index contributed by atoms with van der Waals surface area (Å²) in [7, 11) is 0. The van der Waals surface area contributed by atoms with E-state index in [-0.39, 0.29) is 5.91 Å². The maximum Gasteiger partial charge on any atom is 0.255 e. The fourth-order valence-corrected chi connectivity index (χ4v) is 1.49. The van der Waals surface area contributed by atoms with Gasteiger partial charge in [-0.3, -0.25) is 4.79 Å². The van der Waals surface area contributed by atoms with Crippen molar-refractivity contribution in [3.8, 4) is 0 Å². The minimum Gasteiger partial charge on any atom is -0.369 e. The van der Waals surface area contributed by atoms with Crippen LogP contribution in [0.3, 0.4) is 0 Å². The summed E-state index contributed by atoms with van der Waals surface area (Å²) in [6, 6.07) is 1.64. The quantitative estimate of drug-likeness (QED) is 0.822. The molecule has 0 aromatic carbocycles. The second-order valence-electron chi connectivity index (χ2n) is 3.73. The molecule has 0 radical (unpaired) electrons. The summed E-state index contributed by atoms with van der Waals surface area (Å²) >= 11 is 5.86. The highest BCUT2D eigenvalue weighted by atomic mass is 35.5. The van der Waals surface area contributed by atoms with E-state index in [1.54, 1.807) is 6.07 Å². The van der Waals surface area contributed by atoms with Gasteiger partial charge < -0.3 is 10.6 Å². The Morgan fingerprint density at radius 3 is 2.71 bits per heavy atom. The zero-order valence-electron chi connectivity index (χ0n) is 10.2. The molecule has 1 rings (SSSR count). The number of carbonyl (C=O) groups is 1. The Hall–Kier alpha value is -1.29. The topological polar surface area (TPSA) is 54.0 Å². The van der Waals surface area contributed by atoms with E-state index >= 15 is 0 Å². The first-order valence-corrected chi connectivity index (χ1v) is 6.24. The number of amides is 1. The summed E-state index contributed by atoms with van der Waals surface area (Å²) < 4.78 is 0. The summed E-state index contributed by atoms with van der Waals surface area (Å²) in [5, 5.41) is 6.40. The molecular weight excluding hydrogens is 238 g/mol. The van der Waals surface area contributed by atoms with Gasteiger partial charge in [-0.2, -0.15) is 0 Å². The van der Waals surface area contributed by atoms with Crippen molar-refractivity contribution in [2.45, 2.75) is 26.7 Å². The normalized spacial score (nSPS) is 10.1. The van der Waals surface area contributed by atoms with Crippen LogP contribution in [0.2, 0.25) is 5.02 Å². The number of hydrogen-bond acceptors (Lipinski definition) is 3. The number of carbonyl (C=O) groups excluding carboxylic acids is 1. The average Bonchev–Trinajstić information content (AvgIpc) is 2.34. The summed E-state index contributed by atoms with van der Waals surface area (Å²) in [6.07, 6.45) is 3.41. The highest BCUT2D eigenvalue weighted by Crippen LogP contribution is 2.17. The Morgan fingerprint density at radius 2 is 2.06 bits per heavy atom. The lowest BCUT2D eigenvalue weighted by atomic mass is 10.2. The SMILES string of the molecule is CCCNC(=O)c1cc(Cl)cnc1NCCC. The van der Waals surface area contributed by atoms with Gasteiger partial charge in [0.1, 0.15) is 5.82 Å². The first-order valence-electron chi connectivity index (χ1n) is 5.86. The van der Waals surface area contributed by atoms with Crippen molar-refractivity contribution in [1.82, 2.24) is 10.3 Å². The standard InChI is InChI=1S/C12H18ClN3O/c1-3-5-14-11-10(7-9(13)8-16-11)12(17)15-6-4-2/h7-8H,3-6H2,1-2H3,(H,14,16)(H,15,17). The Labute approximate surface area is 107 Å². The number of nitrogens with zero attached hydrogens (tertiary/aromatic N) is 1. The van der Waals surface area contributed by atoms with Crippen LogP contribution in [0.5, 0.6) is 0 Å². The number of anilines is 1. The van der Waals surface area contributed by atoms with E-state index in [1.165, 1.54) is 6.20 Å². The molecule has 17 heavy (non-hydrogen) atoms. The molecule has 0 aliphatic rings. The van der Waals surface area contributed by atoms with E-state index in [9.17, 15) is 4.79 Å². The van der Waals surface area contributed by atoms with Crippen molar-refractivity contribution < 1.29 is 4.79 Å². The molecule has 0 bridgehead atoms. The Bertz CT molecular complexity index is 382. The van der Waals surface area contributed by atoms with E-state index < -0.39 is 0 Å². The second kappa shape index (κ2) is 7.12. The molecule has 0 fully saturated rings. The van der Waals surface area contributed by atoms with Crippen LogP contribution in [-0.2, 0) is 0 Å². The van der Waals surface area contributed by atoms with Gasteiger partial charge in [0.25, 0.3) is 5.91 Å². The van der Waals surface area contributed by atoms with Crippen LogP contribution in [0.1, 0.15) is 37.0 Å². The predicted molar refractivity (Wildman–Crippen MR) is 70.7 cm³/mol. The van der Waals surface area contributed by atoms with E-state index in [0.29, 0.717) is 22.9 Å². The Morgan fingerprint density at radius 1 is 1.35 bits per heavy atom. The number of halogens is 1. The van der Waals surface area contributed by atoms with Gasteiger partial charge in [0.05, 0.1) is 10.6 Å². The number of aromatic nitrogens is 1. The van der Waals surface area contributed by atoms with E-state index in [2.05, 4.69) is 22.5 Å². The monoisotopic (exact) mass is 255 g/mol. The van der Waals surface area contributed by atoms with Crippen molar-refractivity contribution in [1.29, 1.82) is 0 Å². The van der Waals surface area contributed by atoms with Gasteiger partial charge in [-0.25, -0.2) is 4.98 Å². The molecular formula is C12H18ClN3O. The molecule has 0 aliphatic carbocycles. The van der Waals surface area contributed by atoms with Crippen molar-refractivity contribution in [3.63, 3.8) is 0 Å². The summed E-state index contributed by atoms with van der Waals surface area (Å²) in [5.74, 6) is 0.449. The van der Waals surface area contributed by atoms with Crippen LogP contribution in [0.25, 0.3) is 0 Å². The van der Waals surface area contributed by atoms with Gasteiger partial charge in [0.15, 0.2) is 0 Å². The van der Waals surface area contributed by atoms with Gasteiger partial charge in [-0.05, 0) is 18.9 Å². The van der Waals surface area contributed by atoms with Gasteiger partial charge in [-0.15, -0.1) is 0 Å². The molecule has 0 aliphatic heterocycles. The molecule has 2 N–H and O–H groups in total. The third-order valence-corrected chi connectivity index (χ3v) is 2.38. The van der Waals surface area contributed by atoms with Gasteiger partial charge >= 0.3 is 0 Å². The molecule has 0 atom stereocenters. The number of pyridine rings is 1. The smallest absolute Gasteiger partial charge is 0.255 e. The largest absolute Gasteiger partial charge is 0.369 e. The molecule has 0 spiro atoms. The van der Waals surface area contributed by atoms with Gasteiger partial charge in [-0.1, -0.05) is 25.4 Å². The fourth-order valence-electron chi connectivity index (χ4n) is 1.33. The third-order valence-electron chi connectivity index (χ3n) is 2.18. The van der Waals surface area contributed by atoms with Crippen molar-refractivity contribution in [2.75, 3.05) is 18.4 Å². The molecule has 94 valence electrons. The van der Waals surface area contributed by atoms with Crippen molar-refractivity contribution >= 4 is 23.3 Å². The fraction of sp³-hybridized carbons (Fsp3) is 0.500. The Kier molecular flexibility index (Phi) is 5.77. The van der Waals surface area contributed by atoms with Crippen LogP contribution in [0.4, 0.5) is 5.82 Å². The van der Waals surface area contributed by atoms with Crippen LogP contribution < -0.4 is 10.6 Å². The van der Waals surface area contributed by atoms with Crippen LogP contribution >= 0.6 is 11.6 Å². The van der Waals surface area contributed by atoms with E-state index in [1.807, 2.05) is 6.92 Å². The van der Waals surface area contributed by atoms with E-state index in [4.69, 9.17) is 11.6 Å². The van der Waals surface area contributed by atoms with Crippen LogP contribution in [0.15, 0.2) is 12.3 Å². The molecule has 4 nitrogen and oxygen atoms in total. The maximum absolute atomic E-state index is 11.9. The first kappa shape index (κ1) is 13.8. The average molecular weight is 256 g/mol. The van der Waals surface area contributed by atoms with Crippen molar-refractivity contribution in [3.05, 3.63) is 22.8 Å². The van der Waals surface area contributed by atoms with E-state index in [0.717, 1.165) is 19.4 Å². The molecule has 0 saturated carbocycles.